The normalized spacial score (nSPS) is 14.2. The predicted octanol–water partition coefficient (Wildman–Crippen LogP) is 2.17. The molecule has 0 atom stereocenters. The van der Waals surface area contributed by atoms with Gasteiger partial charge in [0.25, 0.3) is 5.91 Å². The lowest BCUT2D eigenvalue weighted by Crippen LogP contribution is -2.49. The lowest BCUT2D eigenvalue weighted by Gasteiger charge is -2.34. The summed E-state index contributed by atoms with van der Waals surface area (Å²) >= 11 is 0. The van der Waals surface area contributed by atoms with Crippen molar-refractivity contribution in [1.82, 2.24) is 29.7 Å². The van der Waals surface area contributed by atoms with Gasteiger partial charge in [-0.15, -0.1) is 5.10 Å². The SMILES string of the molecule is Cc1cc(Nc2nc(N3CCN(C(=O)c4cccc(O)c4)CC3)nn3cccc23)n[nH]1. The van der Waals surface area contributed by atoms with E-state index >= 15 is 0 Å². The molecular formula is C21H22N8O2. The lowest BCUT2D eigenvalue weighted by atomic mass is 10.1. The third-order valence-corrected chi connectivity index (χ3v) is 5.28. The van der Waals surface area contributed by atoms with E-state index in [0.29, 0.717) is 49.3 Å². The number of nitrogens with one attached hydrogen (secondary N) is 2. The van der Waals surface area contributed by atoms with Crippen LogP contribution in [-0.2, 0) is 0 Å². The summed E-state index contributed by atoms with van der Waals surface area (Å²) in [5.41, 5.74) is 2.29. The van der Waals surface area contributed by atoms with Crippen molar-refractivity contribution >= 4 is 29.0 Å². The average Bonchev–Trinajstić information content (AvgIpc) is 3.42. The molecule has 158 valence electrons. The molecule has 0 saturated carbocycles. The number of phenolic OH excluding ortho intramolecular Hbond substituents is 1. The summed E-state index contributed by atoms with van der Waals surface area (Å²) in [6.45, 7) is 4.25. The van der Waals surface area contributed by atoms with Crippen molar-refractivity contribution in [3.63, 3.8) is 0 Å². The summed E-state index contributed by atoms with van der Waals surface area (Å²) < 4.78 is 1.79. The standard InChI is InChI=1S/C21H22N8O2/c1-14-12-18(25-24-14)22-19-17-6-3-7-29(17)26-21(23-19)28-10-8-27(9-11-28)20(31)15-4-2-5-16(30)13-15/h2-7,12-13,30H,8-11H2,1H3,(H2,22,23,24,25,26). The third kappa shape index (κ3) is 3.75. The lowest BCUT2D eigenvalue weighted by molar-refractivity contribution is 0.0745. The number of aromatic amines is 1. The number of carbonyl (C=O) groups is 1. The number of anilines is 3. The molecule has 0 bridgehead atoms. The van der Waals surface area contributed by atoms with E-state index in [4.69, 9.17) is 4.98 Å². The van der Waals surface area contributed by atoms with Crippen LogP contribution in [-0.4, -0.2) is 66.9 Å². The number of piperazine rings is 1. The Kier molecular flexibility index (Phi) is 4.66. The number of fused-ring (bicyclic) bond motifs is 1. The quantitative estimate of drug-likeness (QED) is 0.465. The van der Waals surface area contributed by atoms with E-state index in [2.05, 4.69) is 25.5 Å². The molecule has 5 rings (SSSR count). The van der Waals surface area contributed by atoms with Crippen LogP contribution < -0.4 is 10.2 Å². The van der Waals surface area contributed by atoms with E-state index < -0.39 is 0 Å². The highest BCUT2D eigenvalue weighted by atomic mass is 16.3. The minimum Gasteiger partial charge on any atom is -0.508 e. The Bertz CT molecular complexity index is 1240. The molecule has 4 aromatic rings. The largest absolute Gasteiger partial charge is 0.508 e. The summed E-state index contributed by atoms with van der Waals surface area (Å²) in [6, 6.07) is 12.2. The maximum atomic E-state index is 12.7. The Balaban J connectivity index is 1.34. The molecule has 3 N–H and O–H groups in total. The van der Waals surface area contributed by atoms with Gasteiger partial charge in [0.2, 0.25) is 5.95 Å². The molecule has 0 unspecified atom stereocenters. The number of rotatable bonds is 4. The molecule has 3 aromatic heterocycles. The molecule has 1 saturated heterocycles. The molecule has 0 spiro atoms. The molecule has 4 heterocycles. The summed E-state index contributed by atoms with van der Waals surface area (Å²) in [5, 5.41) is 24.7. The number of phenols is 1. The van der Waals surface area contributed by atoms with Crippen LogP contribution in [0.25, 0.3) is 5.52 Å². The minimum absolute atomic E-state index is 0.0880. The van der Waals surface area contributed by atoms with Crippen molar-refractivity contribution in [2.45, 2.75) is 6.92 Å². The van der Waals surface area contributed by atoms with Crippen LogP contribution in [0.5, 0.6) is 5.75 Å². The number of H-pyrrole nitrogens is 1. The van der Waals surface area contributed by atoms with Gasteiger partial charge in [-0.3, -0.25) is 9.89 Å². The highest BCUT2D eigenvalue weighted by Gasteiger charge is 2.24. The van der Waals surface area contributed by atoms with E-state index in [-0.39, 0.29) is 11.7 Å². The summed E-state index contributed by atoms with van der Waals surface area (Å²) in [4.78, 5) is 21.3. The maximum absolute atomic E-state index is 12.7. The van der Waals surface area contributed by atoms with Gasteiger partial charge in [0.15, 0.2) is 11.6 Å². The average molecular weight is 418 g/mol. The minimum atomic E-state index is -0.0893. The molecular weight excluding hydrogens is 396 g/mol. The van der Waals surface area contributed by atoms with Crippen molar-refractivity contribution in [2.24, 2.45) is 0 Å². The van der Waals surface area contributed by atoms with Crippen molar-refractivity contribution in [3.8, 4) is 5.75 Å². The van der Waals surface area contributed by atoms with Gasteiger partial charge in [0.05, 0.1) is 0 Å². The molecule has 1 aromatic carbocycles. The first-order chi connectivity index (χ1) is 15.1. The molecule has 1 aliphatic rings. The number of hydrogen-bond donors (Lipinski definition) is 3. The van der Waals surface area contributed by atoms with Crippen LogP contribution in [0.1, 0.15) is 16.1 Å². The van der Waals surface area contributed by atoms with Crippen molar-refractivity contribution in [3.05, 3.63) is 59.9 Å². The fraction of sp³-hybridized carbons (Fsp3) is 0.238. The second-order valence-corrected chi connectivity index (χ2v) is 7.49. The van der Waals surface area contributed by atoms with Crippen LogP contribution in [0.4, 0.5) is 17.6 Å². The third-order valence-electron chi connectivity index (χ3n) is 5.28. The van der Waals surface area contributed by atoms with E-state index in [1.54, 1.807) is 27.6 Å². The Morgan fingerprint density at radius 1 is 1.13 bits per heavy atom. The highest BCUT2D eigenvalue weighted by Crippen LogP contribution is 2.23. The van der Waals surface area contributed by atoms with Gasteiger partial charge in [-0.2, -0.15) is 10.1 Å². The number of benzene rings is 1. The van der Waals surface area contributed by atoms with Gasteiger partial charge >= 0.3 is 0 Å². The Morgan fingerprint density at radius 2 is 1.97 bits per heavy atom. The molecule has 31 heavy (non-hydrogen) atoms. The van der Waals surface area contributed by atoms with Gasteiger partial charge in [0, 0.05) is 49.7 Å². The van der Waals surface area contributed by atoms with Crippen LogP contribution in [0.15, 0.2) is 48.7 Å². The van der Waals surface area contributed by atoms with Crippen molar-refractivity contribution in [2.75, 3.05) is 36.4 Å². The number of amides is 1. The highest BCUT2D eigenvalue weighted by molar-refractivity contribution is 5.94. The van der Waals surface area contributed by atoms with Gasteiger partial charge < -0.3 is 20.2 Å². The number of hydrogen-bond acceptors (Lipinski definition) is 7. The Labute approximate surface area is 178 Å². The van der Waals surface area contributed by atoms with Gasteiger partial charge in [-0.1, -0.05) is 6.07 Å². The molecule has 10 heteroatoms. The molecule has 0 radical (unpaired) electrons. The second kappa shape index (κ2) is 7.63. The van der Waals surface area contributed by atoms with Crippen LogP contribution >= 0.6 is 0 Å². The van der Waals surface area contributed by atoms with Crippen molar-refractivity contribution < 1.29 is 9.90 Å². The zero-order chi connectivity index (χ0) is 21.4. The van der Waals surface area contributed by atoms with E-state index in [9.17, 15) is 9.90 Å². The van der Waals surface area contributed by atoms with Gasteiger partial charge in [0.1, 0.15) is 11.3 Å². The van der Waals surface area contributed by atoms with E-state index in [1.165, 1.54) is 6.07 Å². The van der Waals surface area contributed by atoms with E-state index in [0.717, 1.165) is 11.2 Å². The topological polar surface area (TPSA) is 115 Å². The van der Waals surface area contributed by atoms with Crippen LogP contribution in [0.2, 0.25) is 0 Å². The van der Waals surface area contributed by atoms with E-state index in [1.807, 2.05) is 31.3 Å². The zero-order valence-electron chi connectivity index (χ0n) is 17.0. The first-order valence-corrected chi connectivity index (χ1v) is 10.0. The monoisotopic (exact) mass is 418 g/mol. The molecule has 0 aliphatic carbocycles. The molecule has 1 fully saturated rings. The number of aromatic nitrogens is 5. The Morgan fingerprint density at radius 3 is 2.71 bits per heavy atom. The summed E-state index contributed by atoms with van der Waals surface area (Å²) in [6.07, 6.45) is 1.88. The first kappa shape index (κ1) is 18.9. The second-order valence-electron chi connectivity index (χ2n) is 7.49. The summed E-state index contributed by atoms with van der Waals surface area (Å²) in [5.74, 6) is 1.94. The number of aryl methyl sites for hydroxylation is 1. The zero-order valence-corrected chi connectivity index (χ0v) is 17.0. The van der Waals surface area contributed by atoms with Crippen LogP contribution in [0, 0.1) is 6.92 Å². The number of aromatic hydroxyl groups is 1. The molecule has 10 nitrogen and oxygen atoms in total. The number of carbonyl (C=O) groups excluding carboxylic acids is 1. The van der Waals surface area contributed by atoms with Crippen molar-refractivity contribution in [1.29, 1.82) is 0 Å². The number of nitrogens with zero attached hydrogens (tertiary/aromatic N) is 6. The molecule has 1 aliphatic heterocycles. The molecule has 1 amide bonds. The summed E-state index contributed by atoms with van der Waals surface area (Å²) in [7, 11) is 0. The predicted molar refractivity (Wildman–Crippen MR) is 116 cm³/mol. The fourth-order valence-electron chi connectivity index (χ4n) is 3.68. The first-order valence-electron chi connectivity index (χ1n) is 10.0. The Hall–Kier alpha value is -4.08. The van der Waals surface area contributed by atoms with Gasteiger partial charge in [-0.25, -0.2) is 4.52 Å². The maximum Gasteiger partial charge on any atom is 0.254 e. The van der Waals surface area contributed by atoms with Gasteiger partial charge in [-0.05, 0) is 37.3 Å². The fourth-order valence-corrected chi connectivity index (χ4v) is 3.68. The smallest absolute Gasteiger partial charge is 0.254 e. The van der Waals surface area contributed by atoms with Crippen LogP contribution in [0.3, 0.4) is 0 Å².